The summed E-state index contributed by atoms with van der Waals surface area (Å²) in [5, 5.41) is 0. The highest BCUT2D eigenvalue weighted by Gasteiger charge is 2.31. The van der Waals surface area contributed by atoms with Crippen molar-refractivity contribution in [2.45, 2.75) is 445 Å². The quantitative estimate of drug-likeness (QED) is 0.0375. The summed E-state index contributed by atoms with van der Waals surface area (Å²) in [7, 11) is -4.04. The molecule has 470 valence electrons. The Bertz CT molecular complexity index is 1070. The predicted molar refractivity (Wildman–Crippen MR) is 353 cm³/mol. The summed E-state index contributed by atoms with van der Waals surface area (Å²) in [4.78, 5) is 0. The first-order valence-corrected chi connectivity index (χ1v) is 38.8. The van der Waals surface area contributed by atoms with Crippen LogP contribution in [0, 0.1) is 0 Å². The third-order valence-corrected chi connectivity index (χ3v) is 19.3. The van der Waals surface area contributed by atoms with Crippen LogP contribution in [0.15, 0.2) is 0 Å². The highest BCUT2D eigenvalue weighted by Crippen LogP contribution is 2.23. The molecule has 0 aliphatic carbocycles. The lowest BCUT2D eigenvalue weighted by molar-refractivity contribution is -0.918. The van der Waals surface area contributed by atoms with Gasteiger partial charge in [0.2, 0.25) is 5.88 Å². The second kappa shape index (κ2) is 66.0. The second-order valence-corrected chi connectivity index (χ2v) is 27.9. The van der Waals surface area contributed by atoms with Gasteiger partial charge in [0.15, 0.2) is 0 Å². The van der Waals surface area contributed by atoms with E-state index in [1.54, 1.807) is 0 Å². The zero-order valence-electron chi connectivity index (χ0n) is 54.6. The molecular weight excluding hydrogens is 971 g/mol. The maximum Gasteiger partial charge on any atom is 0.316 e. The summed E-state index contributed by atoms with van der Waals surface area (Å²) in [6.45, 7) is 9.66. The van der Waals surface area contributed by atoms with Gasteiger partial charge in [-0.2, -0.15) is 8.42 Å². The van der Waals surface area contributed by atoms with Crippen LogP contribution in [0.25, 0.3) is 0 Å². The maximum atomic E-state index is 12.7. The van der Waals surface area contributed by atoms with Gasteiger partial charge in [0.25, 0.3) is 0 Å². The van der Waals surface area contributed by atoms with E-state index >= 15 is 0 Å². The first-order valence-electron chi connectivity index (χ1n) is 37.2. The number of quaternary nitrogens is 1. The third-order valence-electron chi connectivity index (χ3n) is 18.4. The van der Waals surface area contributed by atoms with Crippen LogP contribution in [0.2, 0.25) is 0 Å². The summed E-state index contributed by atoms with van der Waals surface area (Å²) in [6, 6.07) is 0. The number of hydrogen-bond donors (Lipinski definition) is 1. The van der Waals surface area contributed by atoms with Crippen LogP contribution < -0.4 is 0 Å². The Morgan fingerprint density at radius 3 is 0.397 bits per heavy atom. The van der Waals surface area contributed by atoms with Crippen LogP contribution in [0.5, 0.6) is 0 Å². The van der Waals surface area contributed by atoms with Crippen molar-refractivity contribution < 1.29 is 17.5 Å². The van der Waals surface area contributed by atoms with Crippen LogP contribution >= 0.6 is 0 Å². The van der Waals surface area contributed by atoms with E-state index in [4.69, 9.17) is 0 Å². The molecule has 0 fully saturated rings. The van der Waals surface area contributed by atoms with Gasteiger partial charge >= 0.3 is 10.1 Å². The monoisotopic (exact) mass is 1120 g/mol. The van der Waals surface area contributed by atoms with Crippen LogP contribution in [-0.2, 0) is 10.1 Å². The van der Waals surface area contributed by atoms with E-state index in [9.17, 15) is 13.0 Å². The van der Waals surface area contributed by atoms with Crippen LogP contribution in [0.1, 0.15) is 445 Å². The Morgan fingerprint density at radius 1 is 0.192 bits per heavy atom. The van der Waals surface area contributed by atoms with E-state index in [1.807, 2.05) is 0 Å². The fourth-order valence-corrected chi connectivity index (χ4v) is 14.1. The van der Waals surface area contributed by atoms with E-state index in [2.05, 4.69) is 20.8 Å². The summed E-state index contributed by atoms with van der Waals surface area (Å²) >= 11 is 0. The van der Waals surface area contributed by atoms with Crippen molar-refractivity contribution in [3.8, 4) is 0 Å². The molecule has 0 aromatic heterocycles. The molecule has 0 aromatic rings. The summed E-state index contributed by atoms with van der Waals surface area (Å²) < 4.78 is 36.3. The predicted octanol–water partition coefficient (Wildman–Crippen LogP) is 26.5. The topological polar surface area (TPSA) is 54.4 Å². The minimum atomic E-state index is -4.04. The van der Waals surface area contributed by atoms with Crippen molar-refractivity contribution >= 4 is 10.1 Å². The van der Waals surface area contributed by atoms with Crippen LogP contribution in [0.4, 0.5) is 0 Å². The molecule has 0 rings (SSSR count). The number of unbranched alkanes of at least 4 members (excludes halogenated alkanes) is 63. The zero-order chi connectivity index (χ0) is 56.5. The Hall–Kier alpha value is -0.130. The van der Waals surface area contributed by atoms with E-state index in [1.165, 1.54) is 405 Å². The molecule has 0 saturated heterocycles. The average molecular weight is 1120 g/mol. The molecule has 4 nitrogen and oxygen atoms in total. The van der Waals surface area contributed by atoms with Gasteiger partial charge in [-0.05, 0) is 38.5 Å². The summed E-state index contributed by atoms with van der Waals surface area (Å²) in [5.74, 6) is -0.0786. The largest absolute Gasteiger partial charge is 0.316 e. The Kier molecular flexibility index (Phi) is 65.9. The highest BCUT2D eigenvalue weighted by atomic mass is 32.2. The van der Waals surface area contributed by atoms with Gasteiger partial charge < -0.3 is 4.48 Å². The molecule has 0 aliphatic heterocycles. The van der Waals surface area contributed by atoms with Gasteiger partial charge in [0, 0.05) is 0 Å². The first kappa shape index (κ1) is 77.9. The second-order valence-electron chi connectivity index (χ2n) is 26.5. The third kappa shape index (κ3) is 65.0. The minimum absolute atomic E-state index is 0.0786. The van der Waals surface area contributed by atoms with Crippen LogP contribution in [0.3, 0.4) is 0 Å². The molecule has 78 heavy (non-hydrogen) atoms. The fourth-order valence-electron chi connectivity index (χ4n) is 13.0. The van der Waals surface area contributed by atoms with Gasteiger partial charge in [-0.25, -0.2) is 0 Å². The molecule has 5 heteroatoms. The fraction of sp³-hybridized carbons (Fsp3) is 1.00. The molecular formula is C73H150NO3S+. The van der Waals surface area contributed by atoms with E-state index in [0.29, 0.717) is 4.48 Å². The lowest BCUT2D eigenvalue weighted by Gasteiger charge is -2.38. The van der Waals surface area contributed by atoms with Crippen molar-refractivity contribution in [3.05, 3.63) is 0 Å². The van der Waals surface area contributed by atoms with Gasteiger partial charge in [0.1, 0.15) is 0 Å². The first-order chi connectivity index (χ1) is 38.4. The van der Waals surface area contributed by atoms with Gasteiger partial charge in [-0.3, -0.25) is 4.55 Å². The van der Waals surface area contributed by atoms with Crippen molar-refractivity contribution in [1.82, 2.24) is 0 Å². The molecule has 0 atom stereocenters. The molecule has 0 aromatic carbocycles. The molecule has 0 radical (unpaired) electrons. The molecule has 0 unspecified atom stereocenters. The van der Waals surface area contributed by atoms with Crippen molar-refractivity contribution in [2.75, 3.05) is 25.5 Å². The average Bonchev–Trinajstić information content (AvgIpc) is 3.43. The van der Waals surface area contributed by atoms with Gasteiger partial charge in [-0.15, -0.1) is 0 Å². The number of nitrogens with zero attached hydrogens (tertiary/aromatic N) is 1. The van der Waals surface area contributed by atoms with Crippen molar-refractivity contribution in [3.63, 3.8) is 0 Å². The maximum absolute atomic E-state index is 12.7. The normalized spacial score (nSPS) is 12.2. The SMILES string of the molecule is CCCCCCCCCCCCCCCCCCCCCCCC[N+](CCCCCCCCCCCCCCCCCCCCCCCC)(CCCCCCCCCCCCCCCCCCCCCCCC)CS(=O)(=O)O. The van der Waals surface area contributed by atoms with Gasteiger partial charge in [0.05, 0.1) is 19.6 Å². The molecule has 0 heterocycles. The zero-order valence-corrected chi connectivity index (χ0v) is 55.4. The molecule has 0 aliphatic rings. The molecule has 0 spiro atoms. The molecule has 0 amide bonds. The number of hydrogen-bond acceptors (Lipinski definition) is 2. The van der Waals surface area contributed by atoms with E-state index in [0.717, 1.165) is 38.9 Å². The Labute approximate surface area is 495 Å². The molecule has 0 saturated carbocycles. The van der Waals surface area contributed by atoms with Gasteiger partial charge in [-0.1, -0.05) is 406 Å². The summed E-state index contributed by atoms with van der Waals surface area (Å²) in [6.07, 6.45) is 91.6. The van der Waals surface area contributed by atoms with Crippen molar-refractivity contribution in [1.29, 1.82) is 0 Å². The lowest BCUT2D eigenvalue weighted by Crippen LogP contribution is -2.53. The Balaban J connectivity index is 4.45. The summed E-state index contributed by atoms with van der Waals surface area (Å²) in [5.41, 5.74) is 0. The van der Waals surface area contributed by atoms with E-state index < -0.39 is 10.1 Å². The van der Waals surface area contributed by atoms with Crippen LogP contribution in [-0.4, -0.2) is 43.0 Å². The Morgan fingerprint density at radius 2 is 0.295 bits per heavy atom. The standard InChI is InChI=1S/C73H149NO3S/c1-4-7-10-13-16-19-22-25-28-31-34-37-40-43-46-49-52-55-58-61-64-67-70-74(73-78(75,76)77,71-68-65-62-59-56-53-50-47-44-41-38-35-32-29-26-23-20-17-14-11-8-5-2)72-69-66-63-60-57-54-51-48-45-42-39-36-33-30-27-24-21-18-15-12-9-6-3/h4-73H2,1-3H3/p+1. The lowest BCUT2D eigenvalue weighted by atomic mass is 10.0. The van der Waals surface area contributed by atoms with E-state index in [-0.39, 0.29) is 5.88 Å². The minimum Gasteiger partial charge on any atom is -0.309 e. The molecule has 0 bridgehead atoms. The molecule has 1 N–H and O–H groups in total. The van der Waals surface area contributed by atoms with Crippen molar-refractivity contribution in [2.24, 2.45) is 0 Å². The highest BCUT2D eigenvalue weighted by molar-refractivity contribution is 7.85. The smallest absolute Gasteiger partial charge is 0.309 e. The number of rotatable bonds is 71.